The fraction of sp³-hybridized carbons (Fsp3) is 0.294. The van der Waals surface area contributed by atoms with E-state index in [1.54, 1.807) is 13.8 Å². The number of phenolic OH excluding ortho intramolecular Hbond substituents is 2. The molecule has 0 radical (unpaired) electrons. The lowest BCUT2D eigenvalue weighted by atomic mass is 10.1. The van der Waals surface area contributed by atoms with Gasteiger partial charge in [-0.25, -0.2) is 4.79 Å². The number of rotatable bonds is 5. The molecule has 0 bridgehead atoms. The summed E-state index contributed by atoms with van der Waals surface area (Å²) in [5, 5.41) is 29.1. The summed E-state index contributed by atoms with van der Waals surface area (Å²) in [6.07, 6.45) is 1.27. The molecule has 1 aromatic carbocycles. The van der Waals surface area contributed by atoms with Gasteiger partial charge in [0, 0.05) is 23.9 Å². The summed E-state index contributed by atoms with van der Waals surface area (Å²) >= 11 is 5.89. The summed E-state index contributed by atoms with van der Waals surface area (Å²) in [5.41, 5.74) is -0.372. The van der Waals surface area contributed by atoms with Crippen molar-refractivity contribution < 1.29 is 24.9 Å². The molecule has 2 aromatic rings. The molecule has 0 aliphatic carbocycles. The van der Waals surface area contributed by atoms with E-state index in [-0.39, 0.29) is 46.6 Å². The molecule has 0 saturated heterocycles. The third kappa shape index (κ3) is 3.78. The van der Waals surface area contributed by atoms with E-state index in [1.807, 2.05) is 0 Å². The summed E-state index contributed by atoms with van der Waals surface area (Å²) in [7, 11) is 0. The van der Waals surface area contributed by atoms with Crippen LogP contribution in [0.1, 0.15) is 30.2 Å². The molecule has 0 spiro atoms. The van der Waals surface area contributed by atoms with Crippen molar-refractivity contribution in [3.63, 3.8) is 0 Å². The maximum Gasteiger partial charge on any atom is 0.343 e. The lowest BCUT2D eigenvalue weighted by Crippen LogP contribution is -2.23. The number of aromatic hydroxyl groups is 2. The van der Waals surface area contributed by atoms with Gasteiger partial charge >= 0.3 is 5.97 Å². The van der Waals surface area contributed by atoms with Crippen LogP contribution in [0.15, 0.2) is 29.2 Å². The lowest BCUT2D eigenvalue weighted by Gasteiger charge is -2.20. The maximum absolute atomic E-state index is 12.3. The quantitative estimate of drug-likeness (QED) is 0.700. The summed E-state index contributed by atoms with van der Waals surface area (Å²) in [5.74, 6) is -1.38. The van der Waals surface area contributed by atoms with Crippen LogP contribution in [0.2, 0.25) is 5.02 Å². The predicted molar refractivity (Wildman–Crippen MR) is 92.2 cm³/mol. The van der Waals surface area contributed by atoms with E-state index in [0.29, 0.717) is 0 Å². The molecule has 1 heterocycles. The Morgan fingerprint density at radius 2 is 1.96 bits per heavy atom. The van der Waals surface area contributed by atoms with Gasteiger partial charge in [0.25, 0.3) is 0 Å². The molecular weight excluding hydrogens is 350 g/mol. The average molecular weight is 368 g/mol. The number of carbonyl (C=O) groups is 1. The third-order valence-electron chi connectivity index (χ3n) is 3.66. The molecule has 25 heavy (non-hydrogen) atoms. The number of pyridine rings is 1. The molecular formula is C17H18ClNO6. The van der Waals surface area contributed by atoms with Crippen LogP contribution in [0, 0.1) is 0 Å². The van der Waals surface area contributed by atoms with Crippen molar-refractivity contribution in [2.24, 2.45) is 0 Å². The first kappa shape index (κ1) is 18.8. The molecule has 0 unspecified atom stereocenters. The minimum absolute atomic E-state index is 0.0158. The Hall–Kier alpha value is -2.51. The number of aliphatic hydroxyl groups is 1. The molecule has 0 amide bonds. The van der Waals surface area contributed by atoms with Crippen LogP contribution < -0.4 is 5.43 Å². The second-order valence-corrected chi connectivity index (χ2v) is 5.82. The largest absolute Gasteiger partial charge is 0.507 e. The van der Waals surface area contributed by atoms with Crippen LogP contribution in [-0.2, 0) is 4.74 Å². The number of aliphatic hydroxyl groups excluding tert-OH is 1. The number of aromatic nitrogens is 1. The first-order valence-electron chi connectivity index (χ1n) is 7.56. The number of halogens is 1. The number of phenols is 2. The van der Waals surface area contributed by atoms with Gasteiger partial charge < -0.3 is 24.6 Å². The van der Waals surface area contributed by atoms with Gasteiger partial charge in [0.15, 0.2) is 5.43 Å². The highest BCUT2D eigenvalue weighted by Gasteiger charge is 2.20. The van der Waals surface area contributed by atoms with Gasteiger partial charge in [-0.2, -0.15) is 0 Å². The molecule has 0 aliphatic heterocycles. The molecule has 3 N–H and O–H groups in total. The molecule has 8 heteroatoms. The lowest BCUT2D eigenvalue weighted by molar-refractivity contribution is 0.0523. The van der Waals surface area contributed by atoms with E-state index < -0.39 is 17.4 Å². The second kappa shape index (κ2) is 7.58. The van der Waals surface area contributed by atoms with Gasteiger partial charge in [0.05, 0.1) is 30.0 Å². The number of carbonyl (C=O) groups excluding carboxylic acids is 1. The molecule has 134 valence electrons. The molecule has 0 fully saturated rings. The van der Waals surface area contributed by atoms with Crippen molar-refractivity contribution in [2.45, 2.75) is 19.9 Å². The van der Waals surface area contributed by atoms with E-state index in [9.17, 15) is 24.9 Å². The van der Waals surface area contributed by atoms with Crippen LogP contribution >= 0.6 is 11.6 Å². The van der Waals surface area contributed by atoms with Gasteiger partial charge in [-0.1, -0.05) is 11.6 Å². The van der Waals surface area contributed by atoms with Crippen molar-refractivity contribution in [3.05, 3.63) is 45.2 Å². The highest BCUT2D eigenvalue weighted by molar-refractivity contribution is 6.32. The Morgan fingerprint density at radius 3 is 2.56 bits per heavy atom. The topological polar surface area (TPSA) is 109 Å². The minimum Gasteiger partial charge on any atom is -0.507 e. The van der Waals surface area contributed by atoms with Gasteiger partial charge in [-0.15, -0.1) is 0 Å². The smallest absolute Gasteiger partial charge is 0.343 e. The molecule has 0 aliphatic rings. The summed E-state index contributed by atoms with van der Waals surface area (Å²) < 4.78 is 6.33. The Morgan fingerprint density at radius 1 is 1.28 bits per heavy atom. The van der Waals surface area contributed by atoms with E-state index in [2.05, 4.69) is 0 Å². The first-order valence-corrected chi connectivity index (χ1v) is 7.93. The number of ether oxygens (including phenoxy) is 1. The molecule has 1 atom stereocenters. The second-order valence-electron chi connectivity index (χ2n) is 5.42. The first-order chi connectivity index (χ1) is 11.8. The standard InChI is InChI=1S/C17H18ClNO6/c1-3-25-17(24)11-7-19(9(2)8-20)13(5-14(11)21)10-4-12(18)16(23)6-15(10)22/h4-7,9,20,22-23H,3,8H2,1-2H3/t9-/m1/s1. The van der Waals surface area contributed by atoms with Crippen molar-refractivity contribution in [3.8, 4) is 22.8 Å². The number of hydrogen-bond donors (Lipinski definition) is 3. The Kier molecular flexibility index (Phi) is 5.71. The Labute approximate surface area is 148 Å². The fourth-order valence-corrected chi connectivity index (χ4v) is 2.50. The zero-order valence-corrected chi connectivity index (χ0v) is 14.4. The van der Waals surface area contributed by atoms with Crippen LogP contribution in [0.3, 0.4) is 0 Å². The highest BCUT2D eigenvalue weighted by atomic mass is 35.5. The molecule has 2 rings (SSSR count). The zero-order valence-electron chi connectivity index (χ0n) is 13.7. The van der Waals surface area contributed by atoms with Crippen LogP contribution in [0.5, 0.6) is 11.5 Å². The average Bonchev–Trinajstić information content (AvgIpc) is 2.57. The monoisotopic (exact) mass is 367 g/mol. The third-order valence-corrected chi connectivity index (χ3v) is 3.96. The maximum atomic E-state index is 12.3. The SMILES string of the molecule is CCOC(=O)c1cn([C@H](C)CO)c(-c2cc(Cl)c(O)cc2O)cc1=O. The Balaban J connectivity index is 2.74. The van der Waals surface area contributed by atoms with Gasteiger partial charge in [0.2, 0.25) is 0 Å². The number of hydrogen-bond acceptors (Lipinski definition) is 6. The van der Waals surface area contributed by atoms with E-state index in [0.717, 1.165) is 12.1 Å². The van der Waals surface area contributed by atoms with E-state index in [1.165, 1.54) is 16.8 Å². The Bertz CT molecular complexity index is 861. The summed E-state index contributed by atoms with van der Waals surface area (Å²) in [4.78, 5) is 24.3. The van der Waals surface area contributed by atoms with E-state index >= 15 is 0 Å². The fourth-order valence-electron chi connectivity index (χ4n) is 2.34. The van der Waals surface area contributed by atoms with Crippen LogP contribution in [0.25, 0.3) is 11.3 Å². The number of benzene rings is 1. The molecule has 0 saturated carbocycles. The molecule has 7 nitrogen and oxygen atoms in total. The van der Waals surface area contributed by atoms with E-state index in [4.69, 9.17) is 16.3 Å². The predicted octanol–water partition coefficient (Wildman–Crippen LogP) is 2.31. The normalized spacial score (nSPS) is 12.0. The van der Waals surface area contributed by atoms with Gasteiger partial charge in [0.1, 0.15) is 17.1 Å². The van der Waals surface area contributed by atoms with Crippen molar-refractivity contribution >= 4 is 17.6 Å². The number of esters is 1. The van der Waals surface area contributed by atoms with Gasteiger partial charge in [-0.05, 0) is 19.9 Å². The van der Waals surface area contributed by atoms with Crippen molar-refractivity contribution in [2.75, 3.05) is 13.2 Å². The van der Waals surface area contributed by atoms with Crippen LogP contribution in [-0.4, -0.2) is 39.1 Å². The summed E-state index contributed by atoms with van der Waals surface area (Å²) in [6.45, 7) is 3.13. The van der Waals surface area contributed by atoms with Gasteiger partial charge in [-0.3, -0.25) is 4.79 Å². The van der Waals surface area contributed by atoms with Crippen molar-refractivity contribution in [1.82, 2.24) is 4.57 Å². The van der Waals surface area contributed by atoms with Crippen LogP contribution in [0.4, 0.5) is 0 Å². The van der Waals surface area contributed by atoms with Crippen molar-refractivity contribution in [1.29, 1.82) is 0 Å². The molecule has 1 aromatic heterocycles. The number of nitrogens with zero attached hydrogens (tertiary/aromatic N) is 1. The summed E-state index contributed by atoms with van der Waals surface area (Å²) in [6, 6.07) is 3.00. The zero-order chi connectivity index (χ0) is 18.7. The minimum atomic E-state index is -0.772. The highest BCUT2D eigenvalue weighted by Crippen LogP contribution is 2.37.